The molecule has 0 atom stereocenters. The van der Waals surface area contributed by atoms with Gasteiger partial charge in [0.25, 0.3) is 11.8 Å². The first-order chi connectivity index (χ1) is 14.8. The Morgan fingerprint density at radius 3 is 2.35 bits per heavy atom. The third-order valence-corrected chi connectivity index (χ3v) is 4.46. The van der Waals surface area contributed by atoms with Crippen LogP contribution in [0.3, 0.4) is 0 Å². The summed E-state index contributed by atoms with van der Waals surface area (Å²) in [5, 5.41) is 10.1. The fourth-order valence-electron chi connectivity index (χ4n) is 2.85. The van der Waals surface area contributed by atoms with Gasteiger partial charge in [0.2, 0.25) is 0 Å². The zero-order valence-corrected chi connectivity index (χ0v) is 16.2. The van der Waals surface area contributed by atoms with Crippen molar-refractivity contribution in [1.29, 1.82) is 0 Å². The van der Waals surface area contributed by atoms with Gasteiger partial charge in [-0.3, -0.25) is 4.79 Å². The predicted molar refractivity (Wildman–Crippen MR) is 104 cm³/mol. The Morgan fingerprint density at radius 2 is 1.77 bits per heavy atom. The zero-order chi connectivity index (χ0) is 22.0. The van der Waals surface area contributed by atoms with E-state index in [2.05, 4.69) is 20.6 Å². The Bertz CT molecular complexity index is 1190. The van der Waals surface area contributed by atoms with Crippen LogP contribution in [0.1, 0.15) is 27.4 Å². The van der Waals surface area contributed by atoms with Gasteiger partial charge < -0.3 is 9.84 Å². The molecular weight excluding hydrogens is 411 g/mol. The standard InChI is InChI=1S/C21H16F3N5O2/c1-13-26-20(31-28-13)16-6-4-15(5-7-16)19(30)25-12-14-2-8-17(9-3-14)29-11-10-18(27-29)21(22,23)24/h2-11H,12H2,1H3,(H,25,30). The summed E-state index contributed by atoms with van der Waals surface area (Å²) in [4.78, 5) is 16.5. The van der Waals surface area contributed by atoms with Crippen molar-refractivity contribution in [3.63, 3.8) is 0 Å². The van der Waals surface area contributed by atoms with Crippen molar-refractivity contribution in [1.82, 2.24) is 25.2 Å². The average molecular weight is 427 g/mol. The van der Waals surface area contributed by atoms with Gasteiger partial charge in [-0.05, 0) is 55.0 Å². The van der Waals surface area contributed by atoms with Crippen LogP contribution in [0.4, 0.5) is 13.2 Å². The monoisotopic (exact) mass is 427 g/mol. The molecule has 0 aliphatic rings. The largest absolute Gasteiger partial charge is 0.435 e. The molecule has 1 N–H and O–H groups in total. The fourth-order valence-corrected chi connectivity index (χ4v) is 2.85. The lowest BCUT2D eigenvalue weighted by Gasteiger charge is -2.07. The molecule has 0 bridgehead atoms. The van der Waals surface area contributed by atoms with E-state index in [4.69, 9.17) is 4.52 Å². The van der Waals surface area contributed by atoms with Gasteiger partial charge in [-0.25, -0.2) is 4.68 Å². The van der Waals surface area contributed by atoms with Gasteiger partial charge in [-0.1, -0.05) is 17.3 Å². The Kier molecular flexibility index (Phi) is 5.28. The van der Waals surface area contributed by atoms with Crippen LogP contribution in [0.15, 0.2) is 65.3 Å². The van der Waals surface area contributed by atoms with Crippen molar-refractivity contribution in [3.05, 3.63) is 83.4 Å². The Labute approximate surface area is 174 Å². The quantitative estimate of drug-likeness (QED) is 0.517. The molecule has 2 heterocycles. The summed E-state index contributed by atoms with van der Waals surface area (Å²) in [5.41, 5.74) is 1.49. The summed E-state index contributed by atoms with van der Waals surface area (Å²) in [7, 11) is 0. The van der Waals surface area contributed by atoms with Crippen molar-refractivity contribution >= 4 is 5.91 Å². The number of halogens is 3. The molecule has 0 saturated carbocycles. The van der Waals surface area contributed by atoms with E-state index >= 15 is 0 Å². The molecule has 0 unspecified atom stereocenters. The highest BCUT2D eigenvalue weighted by Gasteiger charge is 2.33. The molecule has 0 aliphatic heterocycles. The molecule has 10 heteroatoms. The van der Waals surface area contributed by atoms with Gasteiger partial charge >= 0.3 is 6.18 Å². The highest BCUT2D eigenvalue weighted by molar-refractivity contribution is 5.94. The first-order valence-corrected chi connectivity index (χ1v) is 9.21. The van der Waals surface area contributed by atoms with Gasteiger partial charge in [0.1, 0.15) is 0 Å². The maximum absolute atomic E-state index is 12.7. The molecule has 4 rings (SSSR count). The number of amides is 1. The summed E-state index contributed by atoms with van der Waals surface area (Å²) in [6.07, 6.45) is -3.24. The molecule has 0 radical (unpaired) electrons. The normalized spacial score (nSPS) is 11.5. The Balaban J connectivity index is 1.37. The molecule has 4 aromatic rings. The molecule has 1 amide bonds. The van der Waals surface area contributed by atoms with Crippen LogP contribution in [0.5, 0.6) is 0 Å². The molecule has 0 fully saturated rings. The number of aryl methyl sites for hydroxylation is 1. The number of nitrogens with zero attached hydrogens (tertiary/aromatic N) is 4. The highest BCUT2D eigenvalue weighted by atomic mass is 19.4. The minimum atomic E-state index is -4.49. The summed E-state index contributed by atoms with van der Waals surface area (Å²) in [6, 6.07) is 14.4. The van der Waals surface area contributed by atoms with Crippen LogP contribution in [-0.2, 0) is 12.7 Å². The summed E-state index contributed by atoms with van der Waals surface area (Å²) in [6.45, 7) is 1.98. The van der Waals surface area contributed by atoms with Crippen LogP contribution in [0.25, 0.3) is 17.1 Å². The maximum atomic E-state index is 12.7. The smallest absolute Gasteiger partial charge is 0.348 e. The van der Waals surface area contributed by atoms with E-state index in [9.17, 15) is 18.0 Å². The Morgan fingerprint density at radius 1 is 1.06 bits per heavy atom. The molecule has 2 aromatic carbocycles. The zero-order valence-electron chi connectivity index (χ0n) is 16.2. The molecule has 31 heavy (non-hydrogen) atoms. The molecule has 0 saturated heterocycles. The number of carbonyl (C=O) groups is 1. The second-order valence-corrected chi connectivity index (χ2v) is 6.72. The number of alkyl halides is 3. The molecule has 0 aliphatic carbocycles. The number of hydrogen-bond donors (Lipinski definition) is 1. The predicted octanol–water partition coefficient (Wildman–Crippen LogP) is 4.18. The molecule has 7 nitrogen and oxygen atoms in total. The van der Waals surface area contributed by atoms with Crippen LogP contribution < -0.4 is 5.32 Å². The number of carbonyl (C=O) groups excluding carboxylic acids is 1. The second kappa shape index (κ2) is 8.05. The third-order valence-electron chi connectivity index (χ3n) is 4.46. The molecule has 158 valence electrons. The number of nitrogens with one attached hydrogen (secondary N) is 1. The maximum Gasteiger partial charge on any atom is 0.435 e. The van der Waals surface area contributed by atoms with Crippen LogP contribution in [0.2, 0.25) is 0 Å². The highest BCUT2D eigenvalue weighted by Crippen LogP contribution is 2.27. The lowest BCUT2D eigenvalue weighted by Crippen LogP contribution is -2.22. The van der Waals surface area contributed by atoms with Gasteiger partial charge in [0, 0.05) is 23.9 Å². The van der Waals surface area contributed by atoms with E-state index in [0.29, 0.717) is 28.5 Å². The van der Waals surface area contributed by atoms with E-state index in [1.165, 1.54) is 6.20 Å². The number of hydrogen-bond acceptors (Lipinski definition) is 5. The van der Waals surface area contributed by atoms with E-state index in [1.54, 1.807) is 55.5 Å². The molecule has 2 aromatic heterocycles. The third kappa shape index (κ3) is 4.63. The molecular formula is C21H16F3N5O2. The van der Waals surface area contributed by atoms with Crippen molar-refractivity contribution in [2.75, 3.05) is 0 Å². The first-order valence-electron chi connectivity index (χ1n) is 9.21. The van der Waals surface area contributed by atoms with Crippen molar-refractivity contribution in [2.45, 2.75) is 19.6 Å². The van der Waals surface area contributed by atoms with Gasteiger partial charge in [-0.15, -0.1) is 0 Å². The molecule has 0 spiro atoms. The minimum absolute atomic E-state index is 0.261. The van der Waals surface area contributed by atoms with E-state index in [0.717, 1.165) is 16.3 Å². The van der Waals surface area contributed by atoms with Crippen molar-refractivity contribution in [3.8, 4) is 17.1 Å². The van der Waals surface area contributed by atoms with Crippen molar-refractivity contribution < 1.29 is 22.5 Å². The van der Waals surface area contributed by atoms with Gasteiger partial charge in [0.05, 0.1) is 5.69 Å². The van der Waals surface area contributed by atoms with Gasteiger partial charge in [-0.2, -0.15) is 23.3 Å². The SMILES string of the molecule is Cc1noc(-c2ccc(C(=O)NCc3ccc(-n4ccc(C(F)(F)F)n4)cc3)cc2)n1. The summed E-state index contributed by atoms with van der Waals surface area (Å²) < 4.78 is 44.3. The Hall–Kier alpha value is -3.95. The number of rotatable bonds is 5. The number of aromatic nitrogens is 4. The lowest BCUT2D eigenvalue weighted by molar-refractivity contribution is -0.141. The fraction of sp³-hybridized carbons (Fsp3) is 0.143. The van der Waals surface area contributed by atoms with Gasteiger partial charge in [0.15, 0.2) is 11.5 Å². The van der Waals surface area contributed by atoms with Crippen molar-refractivity contribution in [2.24, 2.45) is 0 Å². The lowest BCUT2D eigenvalue weighted by atomic mass is 10.1. The van der Waals surface area contributed by atoms with E-state index < -0.39 is 11.9 Å². The second-order valence-electron chi connectivity index (χ2n) is 6.72. The van der Waals surface area contributed by atoms with Crippen LogP contribution in [0, 0.1) is 6.92 Å². The van der Waals surface area contributed by atoms with Crippen LogP contribution >= 0.6 is 0 Å². The number of benzene rings is 2. The first kappa shape index (κ1) is 20.3. The summed E-state index contributed by atoms with van der Waals surface area (Å²) >= 11 is 0. The topological polar surface area (TPSA) is 85.8 Å². The average Bonchev–Trinajstić information content (AvgIpc) is 3.42. The van der Waals surface area contributed by atoms with Crippen LogP contribution in [-0.4, -0.2) is 25.8 Å². The van der Waals surface area contributed by atoms with E-state index in [1.807, 2.05) is 0 Å². The minimum Gasteiger partial charge on any atom is -0.348 e. The van der Waals surface area contributed by atoms with E-state index in [-0.39, 0.29) is 12.5 Å². The summed E-state index contributed by atoms with van der Waals surface area (Å²) in [5.74, 6) is 0.638.